The monoisotopic (exact) mass is 389 g/mol. The third kappa shape index (κ3) is 2.90. The van der Waals surface area contributed by atoms with Gasteiger partial charge in [0.15, 0.2) is 16.4 Å². The van der Waals surface area contributed by atoms with Crippen LogP contribution in [0.1, 0.15) is 0 Å². The van der Waals surface area contributed by atoms with Crippen molar-refractivity contribution in [3.8, 4) is 11.6 Å². The van der Waals surface area contributed by atoms with Gasteiger partial charge in [0, 0.05) is 36.4 Å². The average molecular weight is 389 g/mol. The first-order valence-corrected chi connectivity index (χ1v) is 9.28. The molecule has 0 bridgehead atoms. The van der Waals surface area contributed by atoms with Crippen molar-refractivity contribution in [2.24, 2.45) is 7.05 Å². The van der Waals surface area contributed by atoms with E-state index in [0.29, 0.717) is 23.0 Å². The maximum atomic E-state index is 11.1. The van der Waals surface area contributed by atoms with Gasteiger partial charge in [0.05, 0.1) is 16.9 Å². The number of rotatable bonds is 4. The highest BCUT2D eigenvalue weighted by molar-refractivity contribution is 7.99. The van der Waals surface area contributed by atoms with E-state index < -0.39 is 0 Å². The van der Waals surface area contributed by atoms with Crippen LogP contribution in [0.2, 0.25) is 0 Å². The van der Waals surface area contributed by atoms with Crippen LogP contribution in [0.25, 0.3) is 11.6 Å². The van der Waals surface area contributed by atoms with Crippen LogP contribution >= 0.6 is 24.0 Å². The van der Waals surface area contributed by atoms with E-state index in [-0.39, 0.29) is 10.6 Å². The van der Waals surface area contributed by atoms with Gasteiger partial charge in [0.25, 0.3) is 5.69 Å². The molecule has 0 atom stereocenters. The molecule has 0 aliphatic carbocycles. The molecule has 3 aromatic rings. The lowest BCUT2D eigenvalue weighted by molar-refractivity contribution is -0.384. The van der Waals surface area contributed by atoms with Crippen LogP contribution in [0.5, 0.6) is 0 Å². The third-order valence-corrected chi connectivity index (χ3v) is 5.73. The number of anilines is 1. The Morgan fingerprint density at radius 2 is 2.27 bits per heavy atom. The summed E-state index contributed by atoms with van der Waals surface area (Å²) in [7, 11) is 1.84. The molecule has 0 fully saturated rings. The number of benzene rings is 1. The van der Waals surface area contributed by atoms with E-state index in [0.717, 1.165) is 22.9 Å². The molecule has 0 spiro atoms. The Kier molecular flexibility index (Phi) is 4.29. The molecule has 0 saturated heterocycles. The zero-order valence-corrected chi connectivity index (χ0v) is 15.5. The van der Waals surface area contributed by atoms with Gasteiger partial charge in [-0.05, 0) is 30.4 Å². The Labute approximate surface area is 158 Å². The molecule has 1 aliphatic heterocycles. The molecule has 4 rings (SSSR count). The number of nitro groups is 1. The van der Waals surface area contributed by atoms with Gasteiger partial charge < -0.3 is 13.9 Å². The number of nitro benzene ring substituents is 1. The Morgan fingerprint density at radius 3 is 3.00 bits per heavy atom. The molecule has 3 heterocycles. The first kappa shape index (κ1) is 16.9. The van der Waals surface area contributed by atoms with Gasteiger partial charge in [-0.25, -0.2) is 4.68 Å². The van der Waals surface area contributed by atoms with Crippen LogP contribution < -0.4 is 4.90 Å². The minimum Gasteiger partial charge on any atom is -0.461 e. The number of hydrogen-bond donors (Lipinski definition) is 0. The van der Waals surface area contributed by atoms with Gasteiger partial charge in [0.2, 0.25) is 0 Å². The number of non-ortho nitro benzene ring substituents is 1. The fourth-order valence-electron chi connectivity index (χ4n) is 2.88. The number of fused-ring (bicyclic) bond motifs is 1. The van der Waals surface area contributed by atoms with Gasteiger partial charge in [-0.2, -0.15) is 0 Å². The number of nitrogens with zero attached hydrogens (tertiary/aromatic N) is 5. The van der Waals surface area contributed by atoms with E-state index >= 15 is 0 Å². The number of thioether (sulfide) groups is 1. The summed E-state index contributed by atoms with van der Waals surface area (Å²) in [5, 5.41) is 15.7. The summed E-state index contributed by atoms with van der Waals surface area (Å²) in [6, 6.07) is 8.58. The number of furan rings is 1. The van der Waals surface area contributed by atoms with Crippen LogP contribution in [0.15, 0.2) is 45.9 Å². The lowest BCUT2D eigenvalue weighted by atomic mass is 10.2. The maximum absolute atomic E-state index is 11.1. The number of hydrogen-bond acceptors (Lipinski definition) is 7. The molecule has 8 nitrogen and oxygen atoms in total. The summed E-state index contributed by atoms with van der Waals surface area (Å²) in [5.74, 6) is 2.18. The van der Waals surface area contributed by atoms with Crippen molar-refractivity contribution >= 4 is 35.4 Å². The van der Waals surface area contributed by atoms with Crippen LogP contribution in [-0.4, -0.2) is 31.6 Å². The molecule has 1 aromatic carbocycles. The fraction of sp³-hybridized carbons (Fsp3) is 0.250. The highest BCUT2D eigenvalue weighted by atomic mass is 32.2. The Balaban J connectivity index is 1.69. The third-order valence-electron chi connectivity index (χ3n) is 4.20. The topological polar surface area (TPSA) is 82.3 Å². The van der Waals surface area contributed by atoms with E-state index in [2.05, 4.69) is 10.00 Å². The van der Waals surface area contributed by atoms with E-state index in [1.54, 1.807) is 45.5 Å². The second kappa shape index (κ2) is 6.61. The molecule has 0 radical (unpaired) electrons. The zero-order chi connectivity index (χ0) is 18.3. The summed E-state index contributed by atoms with van der Waals surface area (Å²) in [5.41, 5.74) is 0.916. The lowest BCUT2D eigenvalue weighted by Crippen LogP contribution is -2.32. The minimum atomic E-state index is -0.376. The van der Waals surface area contributed by atoms with Gasteiger partial charge in [0.1, 0.15) is 6.67 Å². The van der Waals surface area contributed by atoms with E-state index in [4.69, 9.17) is 16.6 Å². The van der Waals surface area contributed by atoms with E-state index in [9.17, 15) is 10.1 Å². The maximum Gasteiger partial charge on any atom is 0.271 e. The lowest BCUT2D eigenvalue weighted by Gasteiger charge is -2.30. The highest BCUT2D eigenvalue weighted by Gasteiger charge is 2.22. The predicted molar refractivity (Wildman–Crippen MR) is 101 cm³/mol. The first-order valence-electron chi connectivity index (χ1n) is 7.88. The Bertz CT molecular complexity index is 1030. The van der Waals surface area contributed by atoms with Gasteiger partial charge in [-0.15, -0.1) is 16.9 Å². The molecule has 0 saturated carbocycles. The second-order valence-electron chi connectivity index (χ2n) is 5.80. The largest absolute Gasteiger partial charge is 0.461 e. The number of aromatic nitrogens is 3. The molecule has 134 valence electrons. The first-order chi connectivity index (χ1) is 12.5. The molecule has 2 aromatic heterocycles. The highest BCUT2D eigenvalue weighted by Crippen LogP contribution is 2.37. The van der Waals surface area contributed by atoms with Crippen molar-refractivity contribution < 1.29 is 9.34 Å². The predicted octanol–water partition coefficient (Wildman–Crippen LogP) is 3.69. The fourth-order valence-corrected chi connectivity index (χ4v) is 4.10. The second-order valence-corrected chi connectivity index (χ2v) is 7.31. The summed E-state index contributed by atoms with van der Waals surface area (Å²) < 4.78 is 9.49. The standard InChI is InChI=1S/C16H15N5O3S2/c1-18-15(13-3-2-7-24-13)17-20(16(18)25)10-19-6-8-26-14-5-4-11(21(22)23)9-12(14)19/h2-5,7,9H,6,8,10H2,1H3. The van der Waals surface area contributed by atoms with Crippen molar-refractivity contribution in [2.45, 2.75) is 11.6 Å². The molecular weight excluding hydrogens is 374 g/mol. The normalized spacial score (nSPS) is 13.7. The van der Waals surface area contributed by atoms with Crippen LogP contribution in [0.4, 0.5) is 11.4 Å². The van der Waals surface area contributed by atoms with E-state index in [1.165, 1.54) is 6.07 Å². The van der Waals surface area contributed by atoms with Gasteiger partial charge >= 0.3 is 0 Å². The van der Waals surface area contributed by atoms with E-state index in [1.807, 2.05) is 13.1 Å². The smallest absolute Gasteiger partial charge is 0.271 e. The summed E-state index contributed by atoms with van der Waals surface area (Å²) in [6.07, 6.45) is 1.59. The van der Waals surface area contributed by atoms with Crippen LogP contribution in [0, 0.1) is 14.9 Å². The molecule has 0 N–H and O–H groups in total. The Morgan fingerprint density at radius 1 is 1.42 bits per heavy atom. The SMILES string of the molecule is Cn1c(-c2ccco2)nn(CN2CCSc3ccc([N+](=O)[O-])cc32)c1=S. The molecule has 1 aliphatic rings. The van der Waals surface area contributed by atoms with Gasteiger partial charge in [-0.3, -0.25) is 10.1 Å². The molecule has 0 amide bonds. The average Bonchev–Trinajstić information content (AvgIpc) is 3.26. The zero-order valence-electron chi connectivity index (χ0n) is 13.9. The van der Waals surface area contributed by atoms with Crippen LogP contribution in [-0.2, 0) is 13.7 Å². The van der Waals surface area contributed by atoms with Crippen molar-refractivity contribution in [1.82, 2.24) is 14.3 Å². The van der Waals surface area contributed by atoms with Crippen molar-refractivity contribution in [1.29, 1.82) is 0 Å². The summed E-state index contributed by atoms with van der Waals surface area (Å²) in [4.78, 5) is 13.8. The van der Waals surface area contributed by atoms with Crippen molar-refractivity contribution in [3.63, 3.8) is 0 Å². The minimum absolute atomic E-state index is 0.0807. The molecule has 10 heteroatoms. The van der Waals surface area contributed by atoms with Crippen molar-refractivity contribution in [2.75, 3.05) is 17.2 Å². The summed E-state index contributed by atoms with van der Waals surface area (Å²) in [6.45, 7) is 1.18. The quantitative estimate of drug-likeness (QED) is 0.382. The molecule has 26 heavy (non-hydrogen) atoms. The molecular formula is C16H15N5O3S2. The van der Waals surface area contributed by atoms with Crippen molar-refractivity contribution in [3.05, 3.63) is 51.5 Å². The molecule has 0 unspecified atom stereocenters. The van der Waals surface area contributed by atoms with Crippen LogP contribution in [0.3, 0.4) is 0 Å². The Hall–Kier alpha value is -2.59. The summed E-state index contributed by atoms with van der Waals surface area (Å²) >= 11 is 7.20. The van der Waals surface area contributed by atoms with Gasteiger partial charge in [-0.1, -0.05) is 0 Å².